The van der Waals surface area contributed by atoms with E-state index in [1.54, 1.807) is 0 Å². The van der Waals surface area contributed by atoms with Gasteiger partial charge in [0.25, 0.3) is 6.21 Å². The van der Waals surface area contributed by atoms with Crippen molar-refractivity contribution in [2.75, 3.05) is 13.0 Å². The van der Waals surface area contributed by atoms with E-state index in [-0.39, 0.29) is 0 Å². The highest BCUT2D eigenvalue weighted by molar-refractivity contribution is 7.65. The minimum absolute atomic E-state index is 0.494. The van der Waals surface area contributed by atoms with Crippen molar-refractivity contribution in [2.24, 2.45) is 0 Å². The molecule has 0 radical (unpaired) electrons. The quantitative estimate of drug-likeness (QED) is 0.389. The lowest BCUT2D eigenvalue weighted by Gasteiger charge is -2.20. The Morgan fingerprint density at radius 2 is 1.76 bits per heavy atom. The normalized spacial score (nSPS) is 18.4. The molecule has 0 spiro atoms. The Kier molecular flexibility index (Phi) is 11.2. The van der Waals surface area contributed by atoms with Crippen LogP contribution in [-0.4, -0.2) is 28.5 Å². The minimum Gasteiger partial charge on any atom is -0.424 e. The van der Waals surface area contributed by atoms with Gasteiger partial charge in [-0.2, -0.15) is 0 Å². The lowest BCUT2D eigenvalue weighted by Crippen LogP contribution is -2.35. The number of hydrogen-bond donors (Lipinski definition) is 0. The van der Waals surface area contributed by atoms with E-state index >= 15 is 0 Å². The van der Waals surface area contributed by atoms with Crippen LogP contribution in [0.2, 0.25) is 11.1 Å². The largest absolute Gasteiger partial charge is 0.424 e. The molecular formula is C10H16Cl4OSi2. The molecule has 1 aromatic rings. The third-order valence-electron chi connectivity index (χ3n) is 1.88. The van der Waals surface area contributed by atoms with E-state index in [1.807, 2.05) is 30.3 Å². The van der Waals surface area contributed by atoms with Crippen LogP contribution in [0.15, 0.2) is 30.3 Å². The summed E-state index contributed by atoms with van der Waals surface area (Å²) in [6, 6.07) is 10.5. The first-order valence-electron chi connectivity index (χ1n) is 5.14. The maximum absolute atomic E-state index is 5.91. The third-order valence-corrected chi connectivity index (χ3v) is 10.2. The van der Waals surface area contributed by atoms with Crippen molar-refractivity contribution in [1.29, 1.82) is 0 Å². The van der Waals surface area contributed by atoms with Crippen molar-refractivity contribution >= 4 is 60.9 Å². The highest BCUT2D eigenvalue weighted by atomic mass is 35.7. The Morgan fingerprint density at radius 1 is 1.18 bits per heavy atom. The smallest absolute Gasteiger partial charge is 0.262 e. The molecule has 0 bridgehead atoms. The van der Waals surface area contributed by atoms with Crippen LogP contribution in [-0.2, 0) is 4.43 Å². The summed E-state index contributed by atoms with van der Waals surface area (Å²) in [5.74, 6) is 0. The zero-order valence-electron chi connectivity index (χ0n) is 9.64. The fourth-order valence-corrected chi connectivity index (χ4v) is 7.44. The van der Waals surface area contributed by atoms with Gasteiger partial charge >= 0.3 is 0 Å². The average molecular weight is 350 g/mol. The highest BCUT2D eigenvalue weighted by Crippen LogP contribution is 2.24. The average Bonchev–Trinajstić information content (AvgIpc) is 2.33. The summed E-state index contributed by atoms with van der Waals surface area (Å²) in [5.41, 5.74) is 0. The second-order valence-electron chi connectivity index (χ2n) is 3.31. The van der Waals surface area contributed by atoms with E-state index in [1.165, 1.54) is 6.38 Å². The monoisotopic (exact) mass is 348 g/mol. The fraction of sp³-hybridized carbons (Fsp3) is 0.400. The van der Waals surface area contributed by atoms with E-state index in [4.69, 9.17) is 38.2 Å². The van der Waals surface area contributed by atoms with Crippen molar-refractivity contribution in [3.8, 4) is 0 Å². The molecule has 0 aromatic heterocycles. The number of alkyl halides is 1. The van der Waals surface area contributed by atoms with Crippen LogP contribution in [0.5, 0.6) is 0 Å². The zero-order chi connectivity index (χ0) is 13.1. The lowest BCUT2D eigenvalue weighted by molar-refractivity contribution is 0.336. The van der Waals surface area contributed by atoms with Crippen LogP contribution >= 0.6 is 45.4 Å². The first kappa shape index (κ1) is 17.8. The summed E-state index contributed by atoms with van der Waals surface area (Å²) in [5, 5.41) is 0.794. The van der Waals surface area contributed by atoms with Crippen LogP contribution in [0.3, 0.4) is 0 Å². The van der Waals surface area contributed by atoms with Crippen LogP contribution in [0.1, 0.15) is 6.42 Å². The molecule has 7 heteroatoms. The molecule has 0 amide bonds. The first-order valence-corrected chi connectivity index (χ1v) is 13.4. The second kappa shape index (κ2) is 10.7. The molecule has 2 rings (SSSR count). The maximum atomic E-state index is 5.91. The topological polar surface area (TPSA) is 9.23 Å². The van der Waals surface area contributed by atoms with Gasteiger partial charge in [0, 0.05) is 18.0 Å². The van der Waals surface area contributed by atoms with Crippen molar-refractivity contribution in [2.45, 2.75) is 12.5 Å². The Balaban J connectivity index is 0.000000265. The predicted molar refractivity (Wildman–Crippen MR) is 84.6 cm³/mol. The zero-order valence-corrected chi connectivity index (χ0v) is 15.1. The van der Waals surface area contributed by atoms with E-state index in [0.29, 0.717) is 0 Å². The molecular weight excluding hydrogens is 334 g/mol. The molecule has 1 saturated heterocycles. The van der Waals surface area contributed by atoms with Gasteiger partial charge in [0.05, 0.1) is 0 Å². The molecule has 0 N–H and O–H groups in total. The van der Waals surface area contributed by atoms with Gasteiger partial charge in [-0.05, 0) is 24.6 Å². The van der Waals surface area contributed by atoms with Crippen LogP contribution in [0.4, 0.5) is 0 Å². The van der Waals surface area contributed by atoms with E-state index < -0.39 is 15.5 Å². The van der Waals surface area contributed by atoms with E-state index in [0.717, 1.165) is 24.1 Å². The molecule has 1 aliphatic rings. The standard InChI is InChI=1S/C6H5Cl.C3H8Cl2OSi2.CH3Cl/c7-6-4-2-1-3-5-6;4-8(5)3-1-2-6-7-8;1-2/h1-5H;1-3,7H2;1H3. The van der Waals surface area contributed by atoms with Gasteiger partial charge in [-0.25, -0.2) is 0 Å². The summed E-state index contributed by atoms with van der Waals surface area (Å²) < 4.78 is 5.22. The summed E-state index contributed by atoms with van der Waals surface area (Å²) >= 11 is 22.0. The number of benzene rings is 1. The highest BCUT2D eigenvalue weighted by Gasteiger charge is 2.31. The minimum atomic E-state index is -1.73. The summed E-state index contributed by atoms with van der Waals surface area (Å²) in [7, 11) is -0.494. The number of halogens is 4. The number of rotatable bonds is 0. The second-order valence-corrected chi connectivity index (χ2v) is 18.8. The molecule has 1 heterocycles. The van der Waals surface area contributed by atoms with E-state index in [9.17, 15) is 0 Å². The van der Waals surface area contributed by atoms with Gasteiger partial charge in [0.15, 0.2) is 9.28 Å². The number of hydrogen-bond acceptors (Lipinski definition) is 1. The molecule has 17 heavy (non-hydrogen) atoms. The predicted octanol–water partition coefficient (Wildman–Crippen LogP) is 4.10. The van der Waals surface area contributed by atoms with Crippen molar-refractivity contribution in [1.82, 2.24) is 0 Å². The maximum Gasteiger partial charge on any atom is 0.262 e. The Morgan fingerprint density at radius 3 is 2.00 bits per heavy atom. The molecule has 0 saturated carbocycles. The Hall–Kier alpha value is 0.774. The molecule has 0 aliphatic carbocycles. The molecule has 0 unspecified atom stereocenters. The molecule has 1 fully saturated rings. The molecule has 1 aromatic carbocycles. The Bertz CT molecular complexity index is 277. The van der Waals surface area contributed by atoms with Crippen LogP contribution < -0.4 is 0 Å². The first-order chi connectivity index (χ1) is 8.10. The molecule has 1 aliphatic heterocycles. The summed E-state index contributed by atoms with van der Waals surface area (Å²) in [6.07, 6.45) is 0.818. The van der Waals surface area contributed by atoms with Crippen LogP contribution in [0, 0.1) is 0 Å². The third kappa shape index (κ3) is 10.4. The van der Waals surface area contributed by atoms with Gasteiger partial charge < -0.3 is 4.43 Å². The van der Waals surface area contributed by atoms with E-state index in [2.05, 4.69) is 11.6 Å². The molecule has 1 nitrogen and oxygen atoms in total. The Labute approximate surface area is 126 Å². The van der Waals surface area contributed by atoms with Gasteiger partial charge in [-0.3, -0.25) is 0 Å². The fourth-order valence-electron chi connectivity index (χ4n) is 1.14. The van der Waals surface area contributed by atoms with Crippen molar-refractivity contribution in [3.05, 3.63) is 35.4 Å². The van der Waals surface area contributed by atoms with Crippen LogP contribution in [0.25, 0.3) is 0 Å². The molecule has 0 atom stereocenters. The van der Waals surface area contributed by atoms with Gasteiger partial charge in [-0.15, -0.1) is 33.8 Å². The molecule has 98 valence electrons. The summed E-state index contributed by atoms with van der Waals surface area (Å²) in [6.45, 7) is 0.903. The van der Waals surface area contributed by atoms with Gasteiger partial charge in [-0.1, -0.05) is 29.8 Å². The SMILES string of the molecule is CCl.Cl[Si]1(Cl)CCCO[SiH2]1.Clc1ccccc1. The van der Waals surface area contributed by atoms with Crippen molar-refractivity contribution < 1.29 is 4.43 Å². The summed E-state index contributed by atoms with van der Waals surface area (Å²) in [4.78, 5) is 0. The van der Waals surface area contributed by atoms with Crippen molar-refractivity contribution in [3.63, 3.8) is 0 Å². The van der Waals surface area contributed by atoms with Gasteiger partial charge in [0.2, 0.25) is 0 Å². The lowest BCUT2D eigenvalue weighted by atomic mass is 10.4. The van der Waals surface area contributed by atoms with Gasteiger partial charge in [0.1, 0.15) is 0 Å².